The molecule has 0 aliphatic rings. The van der Waals surface area contributed by atoms with Gasteiger partial charge in [-0.2, -0.15) is 0 Å². The third-order valence-electron chi connectivity index (χ3n) is 5.15. The van der Waals surface area contributed by atoms with E-state index in [9.17, 15) is 0 Å². The number of nitrogens with zero attached hydrogens (tertiary/aromatic N) is 2. The second kappa shape index (κ2) is 7.03. The van der Waals surface area contributed by atoms with E-state index in [1.54, 1.807) is 0 Å². The van der Waals surface area contributed by atoms with Gasteiger partial charge in [0.15, 0.2) is 0 Å². The van der Waals surface area contributed by atoms with Crippen LogP contribution in [0.15, 0.2) is 48.8 Å². The predicted molar refractivity (Wildman–Crippen MR) is 109 cm³/mol. The van der Waals surface area contributed by atoms with Crippen molar-refractivity contribution in [1.29, 1.82) is 0 Å². The van der Waals surface area contributed by atoms with Crippen LogP contribution in [0.4, 0.5) is 0 Å². The molecule has 0 aliphatic carbocycles. The topological polar surface area (TPSA) is 25.8 Å². The predicted octanol–water partition coefficient (Wildman–Crippen LogP) is 3.80. The van der Waals surface area contributed by atoms with Gasteiger partial charge in [0, 0.05) is 0 Å². The minimum atomic E-state index is -1.41. The first-order chi connectivity index (χ1) is 10.7. The molecule has 0 unspecified atom stereocenters. The van der Waals surface area contributed by atoms with Gasteiger partial charge < -0.3 is 0 Å². The summed E-state index contributed by atoms with van der Waals surface area (Å²) in [7, 11) is -2.82. The summed E-state index contributed by atoms with van der Waals surface area (Å²) in [6.45, 7) is 15.4. The average Bonchev–Trinajstić information content (AvgIpc) is 2.47. The van der Waals surface area contributed by atoms with Crippen LogP contribution in [0.3, 0.4) is 0 Å². The second-order valence-electron chi connectivity index (χ2n) is 8.44. The summed E-state index contributed by atoms with van der Waals surface area (Å²) in [4.78, 5) is 9.49. The minimum absolute atomic E-state index is 0.436. The molecule has 0 N–H and O–H groups in total. The van der Waals surface area contributed by atoms with Gasteiger partial charge in [-0.1, -0.05) is 0 Å². The van der Waals surface area contributed by atoms with E-state index in [1.807, 2.05) is 18.5 Å². The average molecular weight is 403 g/mol. The van der Waals surface area contributed by atoms with E-state index in [1.165, 1.54) is 16.6 Å². The molecular weight excluding hydrogens is 373 g/mol. The van der Waals surface area contributed by atoms with Crippen molar-refractivity contribution in [2.45, 2.75) is 48.0 Å². The van der Waals surface area contributed by atoms with Crippen LogP contribution in [0.1, 0.15) is 11.4 Å². The fourth-order valence-corrected chi connectivity index (χ4v) is 30.2. The molecule has 2 rings (SSSR count). The Kier molecular flexibility index (Phi) is 5.69. The molecule has 0 atom stereocenters. The number of rotatable bonds is 6. The Morgan fingerprint density at radius 3 is 1.83 bits per heavy atom. The Labute approximate surface area is 149 Å². The summed E-state index contributed by atoms with van der Waals surface area (Å²) in [6, 6.07) is 12.9. The molecule has 0 saturated carbocycles. The van der Waals surface area contributed by atoms with Gasteiger partial charge in [0.05, 0.1) is 0 Å². The van der Waals surface area contributed by atoms with Crippen LogP contribution in [0.5, 0.6) is 0 Å². The standard InChI is InChI=1S/C18H30GeN2Si2/c1-22(2,3)18(23(4,5)6,17-12-8-10-14-21-17)19-15-16-11-7-9-13-20-16/h7-14H,15,19H2,1-6H3. The number of aromatic nitrogens is 2. The monoisotopic (exact) mass is 404 g/mol. The summed E-state index contributed by atoms with van der Waals surface area (Å²) in [6.07, 6.45) is 3.93. The van der Waals surface area contributed by atoms with E-state index in [-0.39, 0.29) is 0 Å². The zero-order valence-corrected chi connectivity index (χ0v) is 20.4. The molecule has 2 aromatic rings. The maximum atomic E-state index is 4.89. The molecule has 2 nitrogen and oxygen atoms in total. The van der Waals surface area contributed by atoms with Crippen molar-refractivity contribution in [2.75, 3.05) is 0 Å². The van der Waals surface area contributed by atoms with Gasteiger partial charge in [0.1, 0.15) is 0 Å². The van der Waals surface area contributed by atoms with E-state index < -0.39 is 31.6 Å². The first-order valence-electron chi connectivity index (χ1n) is 8.50. The van der Waals surface area contributed by atoms with Crippen LogP contribution in [-0.2, 0) is 8.75 Å². The molecular formula is C18H30GeN2Si2. The summed E-state index contributed by atoms with van der Waals surface area (Å²) in [5, 5.41) is 1.22. The van der Waals surface area contributed by atoms with Gasteiger partial charge >= 0.3 is 150 Å². The molecule has 0 saturated heterocycles. The normalized spacial score (nSPS) is 13.7. The van der Waals surface area contributed by atoms with Crippen LogP contribution in [0, 0.1) is 0 Å². The van der Waals surface area contributed by atoms with Gasteiger partial charge in [-0.25, -0.2) is 0 Å². The molecule has 124 valence electrons. The Bertz CT molecular complexity index is 605. The summed E-state index contributed by atoms with van der Waals surface area (Å²) in [5.41, 5.74) is 2.68. The van der Waals surface area contributed by atoms with Crippen molar-refractivity contribution in [3.63, 3.8) is 0 Å². The van der Waals surface area contributed by atoms with E-state index >= 15 is 0 Å². The molecule has 2 heterocycles. The van der Waals surface area contributed by atoms with Crippen LogP contribution >= 0.6 is 0 Å². The van der Waals surface area contributed by atoms with Crippen molar-refractivity contribution in [1.82, 2.24) is 9.97 Å². The van der Waals surface area contributed by atoms with Gasteiger partial charge in [0.2, 0.25) is 0 Å². The molecule has 0 spiro atoms. The molecule has 0 aromatic carbocycles. The summed E-state index contributed by atoms with van der Waals surface area (Å²) >= 11 is -0.930. The molecule has 5 heteroatoms. The third-order valence-corrected chi connectivity index (χ3v) is 35.2. The first kappa shape index (κ1) is 18.6. The molecule has 0 bridgehead atoms. The quantitative estimate of drug-likeness (QED) is 0.686. The van der Waals surface area contributed by atoms with E-state index in [0.717, 1.165) is 0 Å². The van der Waals surface area contributed by atoms with E-state index in [4.69, 9.17) is 4.98 Å². The van der Waals surface area contributed by atoms with Crippen LogP contribution in [-0.4, -0.2) is 41.5 Å². The van der Waals surface area contributed by atoms with Gasteiger partial charge in [0.25, 0.3) is 0 Å². The Hall–Kier alpha value is -0.723. The summed E-state index contributed by atoms with van der Waals surface area (Å²) < 4.78 is 0.436. The molecule has 0 aliphatic heterocycles. The molecule has 0 fully saturated rings. The van der Waals surface area contributed by atoms with Crippen molar-refractivity contribution in [3.8, 4) is 0 Å². The molecule has 23 heavy (non-hydrogen) atoms. The Balaban J connectivity index is 2.50. The van der Waals surface area contributed by atoms with Crippen molar-refractivity contribution < 1.29 is 0 Å². The third kappa shape index (κ3) is 3.86. The van der Waals surface area contributed by atoms with Crippen LogP contribution in [0.2, 0.25) is 39.3 Å². The van der Waals surface area contributed by atoms with Crippen molar-refractivity contribution in [2.24, 2.45) is 0 Å². The summed E-state index contributed by atoms with van der Waals surface area (Å²) in [5.74, 6) is 0. The van der Waals surface area contributed by atoms with Gasteiger partial charge in [-0.05, 0) is 0 Å². The Morgan fingerprint density at radius 2 is 1.39 bits per heavy atom. The van der Waals surface area contributed by atoms with Gasteiger partial charge in [-0.3, -0.25) is 0 Å². The zero-order valence-electron chi connectivity index (χ0n) is 15.4. The van der Waals surface area contributed by atoms with Crippen molar-refractivity contribution >= 4 is 31.6 Å². The molecule has 0 amide bonds. The second-order valence-corrected chi connectivity index (χ2v) is 26.9. The zero-order chi connectivity index (χ0) is 17.1. The molecule has 2 aromatic heterocycles. The number of pyridine rings is 2. The first-order valence-corrected chi connectivity index (χ1v) is 19.1. The SMILES string of the molecule is C[Si](C)(C)[C]([GeH2][CH2]c1ccccn1)(c1ccccn1)[Si](C)(C)C. The fourth-order valence-electron chi connectivity index (χ4n) is 4.25. The van der Waals surface area contributed by atoms with E-state index in [0.29, 0.717) is 3.49 Å². The number of hydrogen-bond donors (Lipinski definition) is 0. The number of hydrogen-bond acceptors (Lipinski definition) is 2. The van der Waals surface area contributed by atoms with Gasteiger partial charge in [-0.15, -0.1) is 0 Å². The van der Waals surface area contributed by atoms with E-state index in [2.05, 4.69) is 74.6 Å². The Morgan fingerprint density at radius 1 is 0.826 bits per heavy atom. The fraction of sp³-hybridized carbons (Fsp3) is 0.444. The van der Waals surface area contributed by atoms with Crippen LogP contribution < -0.4 is 0 Å². The molecule has 0 radical (unpaired) electrons. The maximum absolute atomic E-state index is 4.89. The van der Waals surface area contributed by atoms with Crippen molar-refractivity contribution in [3.05, 3.63) is 60.2 Å². The van der Waals surface area contributed by atoms with Crippen LogP contribution in [0.25, 0.3) is 0 Å².